The molecule has 0 N–H and O–H groups in total. The Hall–Kier alpha value is -4.04. The normalized spacial score (nSPS) is 12.4. The van der Waals surface area contributed by atoms with Gasteiger partial charge in [-0.15, -0.1) is 11.3 Å². The Kier molecular flexibility index (Phi) is 12.4. The first kappa shape index (κ1) is 39.2. The molecule has 0 fully saturated rings. The van der Waals surface area contributed by atoms with E-state index < -0.39 is 19.7 Å². The number of hydrogen-bond donors (Lipinski definition) is 0. The van der Waals surface area contributed by atoms with Crippen LogP contribution in [-0.2, 0) is 19.7 Å². The summed E-state index contributed by atoms with van der Waals surface area (Å²) >= 11 is 1.35. The Labute approximate surface area is 331 Å². The van der Waals surface area contributed by atoms with E-state index in [-0.39, 0.29) is 21.3 Å². The Morgan fingerprint density at radius 3 is 1.02 bits per heavy atom. The maximum atomic E-state index is 15.2. The van der Waals surface area contributed by atoms with Gasteiger partial charge in [0.05, 0.1) is 21.3 Å². The molecule has 0 saturated heterocycles. The lowest BCUT2D eigenvalue weighted by Crippen LogP contribution is -2.15. The molecule has 55 heavy (non-hydrogen) atoms. The van der Waals surface area contributed by atoms with Crippen molar-refractivity contribution in [2.75, 3.05) is 11.5 Å². The van der Waals surface area contributed by atoms with Crippen LogP contribution in [0.25, 0.3) is 64.0 Å². The maximum Gasteiger partial charge on any atom is 0.181 e. The Bertz CT molecular complexity index is 2380. The molecule has 0 atom stereocenters. The highest BCUT2D eigenvalue weighted by Crippen LogP contribution is 2.53. The van der Waals surface area contributed by atoms with E-state index in [4.69, 9.17) is 0 Å². The van der Waals surface area contributed by atoms with Gasteiger partial charge in [0.2, 0.25) is 0 Å². The first-order valence-electron chi connectivity index (χ1n) is 20.2. The van der Waals surface area contributed by atoms with Crippen molar-refractivity contribution in [2.45, 2.75) is 101 Å². The van der Waals surface area contributed by atoms with E-state index in [1.54, 1.807) is 0 Å². The van der Waals surface area contributed by atoms with Crippen molar-refractivity contribution in [3.8, 4) is 20.9 Å². The van der Waals surface area contributed by atoms with Gasteiger partial charge in [-0.1, -0.05) is 175 Å². The van der Waals surface area contributed by atoms with Crippen LogP contribution < -0.4 is 0 Å². The largest absolute Gasteiger partial charge is 0.224 e. The molecule has 0 saturated carbocycles. The van der Waals surface area contributed by atoms with Crippen molar-refractivity contribution in [2.24, 2.45) is 0 Å². The Morgan fingerprint density at radius 1 is 0.400 bits per heavy atom. The summed E-state index contributed by atoms with van der Waals surface area (Å²) in [6, 6.07) is 36.6. The van der Waals surface area contributed by atoms with Gasteiger partial charge in [-0.25, -0.2) is 16.8 Å². The zero-order chi connectivity index (χ0) is 38.4. The van der Waals surface area contributed by atoms with Gasteiger partial charge in [0, 0.05) is 11.1 Å². The molecule has 0 aliphatic heterocycles. The molecule has 286 valence electrons. The molecular weight excluding hydrogens is 737 g/mol. The van der Waals surface area contributed by atoms with E-state index in [2.05, 4.69) is 50.2 Å². The van der Waals surface area contributed by atoms with E-state index in [1.807, 2.05) is 72.8 Å². The SMILES string of the molecule is CCCCCCCCS(=O)(=O)c1c(-c2c3ccccc3cc3ccccc23)sc(-c2c3ccccc3cc3ccccc23)c1S(=O)(=O)CCCCCCCC. The topological polar surface area (TPSA) is 68.3 Å². The van der Waals surface area contributed by atoms with Gasteiger partial charge in [0.1, 0.15) is 9.79 Å². The number of hydrogen-bond acceptors (Lipinski definition) is 5. The standard InChI is InChI=1S/C48H52O4S3/c1-3-5-7-9-11-21-31-54(49,50)47-45(43-39-27-17-13-23-35(39)33-36-24-14-18-28-40(36)43)53-46(48(47)55(51,52)32-22-12-10-8-6-4-2)44-41-29-19-15-25-37(41)34-38-26-16-20-30-42(38)44/h13-20,23-30,33-34H,3-12,21-22,31-32H2,1-2H3. The number of sulfone groups is 2. The highest BCUT2D eigenvalue weighted by atomic mass is 32.2. The summed E-state index contributed by atoms with van der Waals surface area (Å²) in [5, 5.41) is 7.57. The van der Waals surface area contributed by atoms with Crippen LogP contribution in [0.5, 0.6) is 0 Å². The quantitative estimate of drug-likeness (QED) is 0.0641. The van der Waals surface area contributed by atoms with Crippen LogP contribution in [0.4, 0.5) is 0 Å². The lowest BCUT2D eigenvalue weighted by atomic mass is 9.95. The summed E-state index contributed by atoms with van der Waals surface area (Å²) < 4.78 is 60.9. The summed E-state index contributed by atoms with van der Waals surface area (Å²) in [5.41, 5.74) is 1.57. The van der Waals surface area contributed by atoms with Crippen molar-refractivity contribution in [1.29, 1.82) is 0 Å². The maximum absolute atomic E-state index is 15.2. The van der Waals surface area contributed by atoms with Crippen LogP contribution in [-0.4, -0.2) is 28.3 Å². The number of unbranched alkanes of at least 4 members (excludes halogenated alkanes) is 10. The summed E-state index contributed by atoms with van der Waals surface area (Å²) in [7, 11) is -8.18. The molecule has 7 rings (SSSR count). The van der Waals surface area contributed by atoms with Crippen molar-refractivity contribution in [3.63, 3.8) is 0 Å². The summed E-state index contributed by atoms with van der Waals surface area (Å²) in [5.74, 6) is -0.193. The fourth-order valence-corrected chi connectivity index (χ4v) is 14.4. The minimum Gasteiger partial charge on any atom is -0.224 e. The minimum absolute atomic E-state index is 0.00874. The molecular formula is C48H52O4S3. The fourth-order valence-electron chi connectivity index (χ4n) is 8.16. The number of thiophene rings is 1. The van der Waals surface area contributed by atoms with Gasteiger partial charge < -0.3 is 0 Å². The fraction of sp³-hybridized carbons (Fsp3) is 0.333. The highest BCUT2D eigenvalue weighted by molar-refractivity contribution is 7.95. The van der Waals surface area contributed by atoms with Gasteiger partial charge in [-0.05, 0) is 68.1 Å². The number of benzene rings is 6. The second kappa shape index (κ2) is 17.4. The van der Waals surface area contributed by atoms with Gasteiger partial charge in [0.25, 0.3) is 0 Å². The van der Waals surface area contributed by atoms with Crippen LogP contribution in [0.3, 0.4) is 0 Å². The highest BCUT2D eigenvalue weighted by Gasteiger charge is 2.37. The molecule has 0 amide bonds. The second-order valence-corrected chi connectivity index (χ2v) is 20.1. The third kappa shape index (κ3) is 8.26. The van der Waals surface area contributed by atoms with Crippen LogP contribution >= 0.6 is 11.3 Å². The molecule has 0 aliphatic rings. The molecule has 7 heteroatoms. The third-order valence-corrected chi connectivity index (χ3v) is 16.3. The first-order chi connectivity index (χ1) is 26.7. The van der Waals surface area contributed by atoms with Gasteiger partial charge in [0.15, 0.2) is 19.7 Å². The smallest absolute Gasteiger partial charge is 0.181 e. The minimum atomic E-state index is -4.09. The zero-order valence-corrected chi connectivity index (χ0v) is 34.6. The van der Waals surface area contributed by atoms with Crippen LogP contribution in [0, 0.1) is 0 Å². The second-order valence-electron chi connectivity index (χ2n) is 15.0. The summed E-state index contributed by atoms with van der Waals surface area (Å²) in [4.78, 5) is 1.02. The van der Waals surface area contributed by atoms with Crippen LogP contribution in [0.2, 0.25) is 0 Å². The molecule has 0 radical (unpaired) electrons. The van der Waals surface area contributed by atoms with Crippen LogP contribution in [0.1, 0.15) is 90.9 Å². The van der Waals surface area contributed by atoms with Crippen LogP contribution in [0.15, 0.2) is 119 Å². The summed E-state index contributed by atoms with van der Waals surface area (Å²) in [6.45, 7) is 4.34. The molecule has 1 heterocycles. The lowest BCUT2D eigenvalue weighted by molar-refractivity contribution is 0.573. The number of fused-ring (bicyclic) bond motifs is 4. The van der Waals surface area contributed by atoms with Crippen molar-refractivity contribution >= 4 is 74.1 Å². The van der Waals surface area contributed by atoms with Crippen molar-refractivity contribution < 1.29 is 16.8 Å². The van der Waals surface area contributed by atoms with Gasteiger partial charge in [-0.2, -0.15) is 0 Å². The van der Waals surface area contributed by atoms with E-state index in [0.717, 1.165) is 118 Å². The molecule has 0 aliphatic carbocycles. The lowest BCUT2D eigenvalue weighted by Gasteiger charge is -2.15. The molecule has 4 nitrogen and oxygen atoms in total. The molecule has 6 aromatic carbocycles. The Morgan fingerprint density at radius 2 is 0.691 bits per heavy atom. The van der Waals surface area contributed by atoms with E-state index in [1.165, 1.54) is 11.3 Å². The van der Waals surface area contributed by atoms with Crippen molar-refractivity contribution in [1.82, 2.24) is 0 Å². The molecule has 1 aromatic heterocycles. The third-order valence-electron chi connectivity index (χ3n) is 11.0. The predicted molar refractivity (Wildman–Crippen MR) is 236 cm³/mol. The van der Waals surface area contributed by atoms with Gasteiger partial charge in [-0.3, -0.25) is 0 Å². The van der Waals surface area contributed by atoms with E-state index >= 15 is 16.8 Å². The zero-order valence-electron chi connectivity index (χ0n) is 32.1. The monoisotopic (exact) mass is 788 g/mol. The molecule has 0 bridgehead atoms. The predicted octanol–water partition coefficient (Wildman–Crippen LogP) is 14.0. The molecule has 7 aromatic rings. The molecule has 0 unspecified atom stereocenters. The van der Waals surface area contributed by atoms with Gasteiger partial charge >= 0.3 is 0 Å². The van der Waals surface area contributed by atoms with E-state index in [9.17, 15) is 0 Å². The first-order valence-corrected chi connectivity index (χ1v) is 24.3. The average molecular weight is 789 g/mol. The van der Waals surface area contributed by atoms with E-state index in [0.29, 0.717) is 22.6 Å². The summed E-state index contributed by atoms with van der Waals surface area (Å²) in [6.07, 6.45) is 11.1. The molecule has 0 spiro atoms. The number of rotatable bonds is 18. The average Bonchev–Trinajstić information content (AvgIpc) is 3.60. The van der Waals surface area contributed by atoms with Crippen molar-refractivity contribution in [3.05, 3.63) is 109 Å². The Balaban J connectivity index is 1.56.